The lowest BCUT2D eigenvalue weighted by molar-refractivity contribution is 0.00604. The molecule has 0 bridgehead atoms. The standard InChI is InChI=1S/C11H16F2N2O2/c1-6-7(10(16)17-11(2,3)4)8(9(12)13)15(5)14-6/h9H,1-5H3. The van der Waals surface area contributed by atoms with Crippen molar-refractivity contribution in [1.82, 2.24) is 9.78 Å². The van der Waals surface area contributed by atoms with Crippen molar-refractivity contribution in [2.75, 3.05) is 0 Å². The van der Waals surface area contributed by atoms with E-state index in [1.165, 1.54) is 14.0 Å². The van der Waals surface area contributed by atoms with Gasteiger partial charge in [0.15, 0.2) is 0 Å². The minimum atomic E-state index is -2.76. The van der Waals surface area contributed by atoms with Gasteiger partial charge in [-0.2, -0.15) is 5.10 Å². The second-order valence-electron chi connectivity index (χ2n) is 4.77. The third-order valence-corrected chi connectivity index (χ3v) is 2.08. The Bertz CT molecular complexity index is 433. The van der Waals surface area contributed by atoms with Crippen LogP contribution in [0, 0.1) is 6.92 Å². The highest BCUT2D eigenvalue weighted by Crippen LogP contribution is 2.26. The van der Waals surface area contributed by atoms with E-state index in [9.17, 15) is 13.6 Å². The Labute approximate surface area is 98.6 Å². The number of halogens is 2. The molecule has 0 N–H and O–H groups in total. The molecule has 96 valence electrons. The summed E-state index contributed by atoms with van der Waals surface area (Å²) in [5.41, 5.74) is -1.02. The Morgan fingerprint density at radius 1 is 1.41 bits per heavy atom. The second kappa shape index (κ2) is 4.43. The smallest absolute Gasteiger partial charge is 0.342 e. The number of hydrogen-bond donors (Lipinski definition) is 0. The maximum Gasteiger partial charge on any atom is 0.342 e. The van der Waals surface area contributed by atoms with Gasteiger partial charge >= 0.3 is 5.97 Å². The zero-order valence-electron chi connectivity index (χ0n) is 10.5. The molecule has 0 spiro atoms. The lowest BCUT2D eigenvalue weighted by Gasteiger charge is -2.19. The Kier molecular flexibility index (Phi) is 3.54. The first-order chi connectivity index (χ1) is 7.63. The predicted octanol–water partition coefficient (Wildman–Crippen LogP) is 2.62. The zero-order chi connectivity index (χ0) is 13.4. The molecule has 0 radical (unpaired) electrons. The van der Waals surface area contributed by atoms with Crippen molar-refractivity contribution in [1.29, 1.82) is 0 Å². The maximum absolute atomic E-state index is 12.8. The fraction of sp³-hybridized carbons (Fsp3) is 0.636. The van der Waals surface area contributed by atoms with Crippen LogP contribution in [-0.2, 0) is 11.8 Å². The SMILES string of the molecule is Cc1nn(C)c(C(F)F)c1C(=O)OC(C)(C)C. The Balaban J connectivity index is 3.17. The molecule has 0 amide bonds. The van der Waals surface area contributed by atoms with Crippen molar-refractivity contribution < 1.29 is 18.3 Å². The Morgan fingerprint density at radius 2 is 1.94 bits per heavy atom. The average molecular weight is 246 g/mol. The van der Waals surface area contributed by atoms with Gasteiger partial charge in [-0.15, -0.1) is 0 Å². The molecule has 1 rings (SSSR count). The summed E-state index contributed by atoms with van der Waals surface area (Å²) < 4.78 is 31.7. The minimum Gasteiger partial charge on any atom is -0.456 e. The lowest BCUT2D eigenvalue weighted by atomic mass is 10.1. The molecule has 0 unspecified atom stereocenters. The van der Waals surface area contributed by atoms with E-state index < -0.39 is 23.7 Å². The van der Waals surface area contributed by atoms with Crippen LogP contribution in [0.1, 0.15) is 48.9 Å². The fourth-order valence-corrected chi connectivity index (χ4v) is 1.51. The molecule has 1 aromatic heterocycles. The molecule has 0 atom stereocenters. The van der Waals surface area contributed by atoms with Gasteiger partial charge in [0.2, 0.25) is 0 Å². The van der Waals surface area contributed by atoms with Gasteiger partial charge in [0, 0.05) is 7.05 Å². The Hall–Kier alpha value is -1.46. The van der Waals surface area contributed by atoms with Crippen molar-refractivity contribution in [2.45, 2.75) is 39.7 Å². The summed E-state index contributed by atoms with van der Waals surface area (Å²) in [6.07, 6.45) is -2.76. The van der Waals surface area contributed by atoms with E-state index in [-0.39, 0.29) is 11.3 Å². The molecule has 17 heavy (non-hydrogen) atoms. The van der Waals surface area contributed by atoms with Crippen LogP contribution in [0.3, 0.4) is 0 Å². The summed E-state index contributed by atoms with van der Waals surface area (Å²) in [6, 6.07) is 0. The van der Waals surface area contributed by atoms with Gasteiger partial charge < -0.3 is 4.74 Å². The van der Waals surface area contributed by atoms with Crippen LogP contribution in [-0.4, -0.2) is 21.4 Å². The van der Waals surface area contributed by atoms with Crippen LogP contribution >= 0.6 is 0 Å². The molecule has 0 aliphatic heterocycles. The van der Waals surface area contributed by atoms with Gasteiger partial charge in [-0.3, -0.25) is 4.68 Å². The van der Waals surface area contributed by atoms with E-state index in [0.29, 0.717) is 0 Å². The highest BCUT2D eigenvalue weighted by molar-refractivity contribution is 5.92. The lowest BCUT2D eigenvalue weighted by Crippen LogP contribution is -2.25. The van der Waals surface area contributed by atoms with Crippen LogP contribution in [0.5, 0.6) is 0 Å². The summed E-state index contributed by atoms with van der Waals surface area (Å²) in [5.74, 6) is -0.765. The summed E-state index contributed by atoms with van der Waals surface area (Å²) in [7, 11) is 1.38. The van der Waals surface area contributed by atoms with Crippen LogP contribution in [0.25, 0.3) is 0 Å². The number of rotatable bonds is 2. The summed E-state index contributed by atoms with van der Waals surface area (Å²) in [6.45, 7) is 6.54. The van der Waals surface area contributed by atoms with Crippen LogP contribution in [0.2, 0.25) is 0 Å². The van der Waals surface area contributed by atoms with Crippen LogP contribution < -0.4 is 0 Å². The number of carbonyl (C=O) groups excluding carboxylic acids is 1. The van der Waals surface area contributed by atoms with Crippen molar-refractivity contribution in [3.8, 4) is 0 Å². The number of nitrogens with zero attached hydrogens (tertiary/aromatic N) is 2. The second-order valence-corrected chi connectivity index (χ2v) is 4.77. The number of aryl methyl sites for hydroxylation is 2. The molecule has 4 nitrogen and oxygen atoms in total. The Morgan fingerprint density at radius 3 is 2.35 bits per heavy atom. The molecule has 1 heterocycles. The highest BCUT2D eigenvalue weighted by atomic mass is 19.3. The summed E-state index contributed by atoms with van der Waals surface area (Å²) in [5, 5.41) is 3.82. The molecule has 1 aromatic rings. The summed E-state index contributed by atoms with van der Waals surface area (Å²) in [4.78, 5) is 11.8. The first-order valence-electron chi connectivity index (χ1n) is 5.18. The van der Waals surface area contributed by atoms with Gasteiger partial charge in [0.25, 0.3) is 6.43 Å². The molecular formula is C11H16F2N2O2. The molecule has 0 aromatic carbocycles. The van der Waals surface area contributed by atoms with E-state index >= 15 is 0 Å². The number of alkyl halides is 2. The first kappa shape index (κ1) is 13.6. The van der Waals surface area contributed by atoms with Crippen LogP contribution in [0.15, 0.2) is 0 Å². The fourth-order valence-electron chi connectivity index (χ4n) is 1.51. The van der Waals surface area contributed by atoms with E-state index in [1.54, 1.807) is 20.8 Å². The van der Waals surface area contributed by atoms with Crippen molar-refractivity contribution in [3.63, 3.8) is 0 Å². The average Bonchev–Trinajstić information content (AvgIpc) is 2.37. The van der Waals surface area contributed by atoms with Gasteiger partial charge in [0.1, 0.15) is 16.9 Å². The molecule has 0 fully saturated rings. The first-order valence-corrected chi connectivity index (χ1v) is 5.18. The van der Waals surface area contributed by atoms with E-state index in [1.807, 2.05) is 0 Å². The molecular weight excluding hydrogens is 230 g/mol. The number of hydrogen-bond acceptors (Lipinski definition) is 3. The quantitative estimate of drug-likeness (QED) is 0.753. The highest BCUT2D eigenvalue weighted by Gasteiger charge is 2.29. The number of ether oxygens (including phenoxy) is 1. The molecule has 0 aliphatic rings. The largest absolute Gasteiger partial charge is 0.456 e. The molecule has 0 saturated heterocycles. The van der Waals surface area contributed by atoms with Crippen molar-refractivity contribution in [3.05, 3.63) is 17.0 Å². The van der Waals surface area contributed by atoms with Crippen LogP contribution in [0.4, 0.5) is 8.78 Å². The minimum absolute atomic E-state index is 0.141. The predicted molar refractivity (Wildman–Crippen MR) is 58.1 cm³/mol. The maximum atomic E-state index is 12.8. The van der Waals surface area contributed by atoms with E-state index in [2.05, 4.69) is 5.10 Å². The topological polar surface area (TPSA) is 44.1 Å². The normalized spacial score (nSPS) is 12.0. The summed E-state index contributed by atoms with van der Waals surface area (Å²) >= 11 is 0. The van der Waals surface area contributed by atoms with Crippen molar-refractivity contribution in [2.24, 2.45) is 7.05 Å². The van der Waals surface area contributed by atoms with Crippen molar-refractivity contribution >= 4 is 5.97 Å². The van der Waals surface area contributed by atoms with Gasteiger partial charge in [-0.05, 0) is 27.7 Å². The van der Waals surface area contributed by atoms with E-state index in [4.69, 9.17) is 4.74 Å². The third kappa shape index (κ3) is 3.01. The van der Waals surface area contributed by atoms with Gasteiger partial charge in [-0.25, -0.2) is 13.6 Å². The molecule has 6 heteroatoms. The third-order valence-electron chi connectivity index (χ3n) is 2.08. The molecule has 0 aliphatic carbocycles. The van der Waals surface area contributed by atoms with Gasteiger partial charge in [-0.1, -0.05) is 0 Å². The number of carbonyl (C=O) groups is 1. The zero-order valence-corrected chi connectivity index (χ0v) is 10.5. The molecule has 0 saturated carbocycles. The monoisotopic (exact) mass is 246 g/mol. The number of esters is 1. The van der Waals surface area contributed by atoms with Gasteiger partial charge in [0.05, 0.1) is 5.69 Å². The van der Waals surface area contributed by atoms with E-state index in [0.717, 1.165) is 4.68 Å². The number of aromatic nitrogens is 2.